The van der Waals surface area contributed by atoms with Crippen LogP contribution in [0.1, 0.15) is 26.7 Å². The van der Waals surface area contributed by atoms with Gasteiger partial charge in [0.2, 0.25) is 0 Å². The van der Waals surface area contributed by atoms with Crippen molar-refractivity contribution in [3.63, 3.8) is 0 Å². The Morgan fingerprint density at radius 3 is 2.89 bits per heavy atom. The first-order valence-corrected chi connectivity index (χ1v) is 6.58. The molecule has 1 saturated heterocycles. The lowest BCUT2D eigenvalue weighted by molar-refractivity contribution is 0.301. The fraction of sp³-hybridized carbons (Fsp3) is 0.571. The van der Waals surface area contributed by atoms with Crippen molar-refractivity contribution in [1.29, 1.82) is 0 Å². The molecule has 0 spiro atoms. The molecule has 0 bridgehead atoms. The van der Waals surface area contributed by atoms with Crippen LogP contribution in [-0.2, 0) is 0 Å². The van der Waals surface area contributed by atoms with E-state index in [1.165, 1.54) is 6.07 Å². The van der Waals surface area contributed by atoms with Gasteiger partial charge in [-0.25, -0.2) is 4.39 Å². The van der Waals surface area contributed by atoms with Crippen LogP contribution in [0.15, 0.2) is 12.1 Å². The van der Waals surface area contributed by atoms with Gasteiger partial charge in [-0.2, -0.15) is 0 Å². The van der Waals surface area contributed by atoms with E-state index in [0.29, 0.717) is 24.0 Å². The van der Waals surface area contributed by atoms with Gasteiger partial charge < -0.3 is 15.4 Å². The predicted octanol–water partition coefficient (Wildman–Crippen LogP) is 3.04. The molecule has 1 aliphatic heterocycles. The van der Waals surface area contributed by atoms with Gasteiger partial charge in [0.1, 0.15) is 0 Å². The third kappa shape index (κ3) is 2.68. The normalized spacial score (nSPS) is 19.3. The fourth-order valence-corrected chi connectivity index (χ4v) is 2.31. The van der Waals surface area contributed by atoms with Gasteiger partial charge in [0.25, 0.3) is 0 Å². The van der Waals surface area contributed by atoms with Gasteiger partial charge in [-0.1, -0.05) is 13.8 Å². The molecule has 2 N–H and O–H groups in total. The number of halogens is 1. The molecule has 3 nitrogen and oxygen atoms in total. The smallest absolute Gasteiger partial charge is 0.167 e. The summed E-state index contributed by atoms with van der Waals surface area (Å²) in [5.41, 5.74) is 7.29. The monoisotopic (exact) mass is 252 g/mol. The molecule has 1 heterocycles. The van der Waals surface area contributed by atoms with Gasteiger partial charge in [0.05, 0.1) is 18.0 Å². The van der Waals surface area contributed by atoms with Gasteiger partial charge in [-0.3, -0.25) is 0 Å². The molecular formula is C14H21FN2O. The maximum absolute atomic E-state index is 13.7. The second-order valence-electron chi connectivity index (χ2n) is 5.03. The van der Waals surface area contributed by atoms with Gasteiger partial charge in [-0.15, -0.1) is 0 Å². The van der Waals surface area contributed by atoms with Crippen LogP contribution in [0.2, 0.25) is 0 Å². The van der Waals surface area contributed by atoms with Gasteiger partial charge in [0.15, 0.2) is 11.6 Å². The average Bonchev–Trinajstić information content (AvgIpc) is 2.74. The van der Waals surface area contributed by atoms with Crippen LogP contribution in [0.25, 0.3) is 0 Å². The largest absolute Gasteiger partial charge is 0.490 e. The van der Waals surface area contributed by atoms with E-state index in [0.717, 1.165) is 31.6 Å². The van der Waals surface area contributed by atoms with Gasteiger partial charge in [-0.05, 0) is 18.8 Å². The summed E-state index contributed by atoms with van der Waals surface area (Å²) >= 11 is 0. The SMILES string of the molecule is CCCOc1cc(N2CCC(C)C2)c(N)cc1F. The lowest BCUT2D eigenvalue weighted by Crippen LogP contribution is -2.20. The minimum atomic E-state index is -0.378. The molecule has 4 heteroatoms. The quantitative estimate of drug-likeness (QED) is 0.837. The maximum atomic E-state index is 13.7. The summed E-state index contributed by atoms with van der Waals surface area (Å²) in [6.45, 7) is 6.69. The van der Waals surface area contributed by atoms with Gasteiger partial charge >= 0.3 is 0 Å². The van der Waals surface area contributed by atoms with Crippen molar-refractivity contribution in [2.45, 2.75) is 26.7 Å². The van der Waals surface area contributed by atoms with Crippen molar-refractivity contribution >= 4 is 11.4 Å². The molecule has 1 aromatic rings. The Labute approximate surface area is 108 Å². The highest BCUT2D eigenvalue weighted by molar-refractivity contribution is 5.70. The van der Waals surface area contributed by atoms with E-state index in [2.05, 4.69) is 11.8 Å². The average molecular weight is 252 g/mol. The highest BCUT2D eigenvalue weighted by Gasteiger charge is 2.22. The standard InChI is InChI=1S/C14H21FN2O/c1-3-6-18-14-8-13(12(16)7-11(14)15)17-5-4-10(2)9-17/h7-8,10H,3-6,9,16H2,1-2H3. The van der Waals surface area contributed by atoms with Crippen LogP contribution in [0.5, 0.6) is 5.75 Å². The summed E-state index contributed by atoms with van der Waals surface area (Å²) in [4.78, 5) is 2.21. The number of hydrogen-bond donors (Lipinski definition) is 1. The van der Waals surface area contributed by atoms with E-state index < -0.39 is 0 Å². The van der Waals surface area contributed by atoms with Crippen molar-refractivity contribution in [1.82, 2.24) is 0 Å². The summed E-state index contributed by atoms with van der Waals surface area (Å²) in [5.74, 6) is 0.590. The van der Waals surface area contributed by atoms with Crippen LogP contribution < -0.4 is 15.4 Å². The number of nitrogens with two attached hydrogens (primary N) is 1. The summed E-state index contributed by atoms with van der Waals surface area (Å²) in [7, 11) is 0. The first-order valence-electron chi connectivity index (χ1n) is 6.58. The zero-order valence-corrected chi connectivity index (χ0v) is 11.1. The Balaban J connectivity index is 2.23. The van der Waals surface area contributed by atoms with E-state index in [-0.39, 0.29) is 5.82 Å². The lowest BCUT2D eigenvalue weighted by atomic mass is 10.2. The Bertz CT molecular complexity index is 423. The molecule has 0 amide bonds. The van der Waals surface area contributed by atoms with E-state index in [1.54, 1.807) is 6.07 Å². The second kappa shape index (κ2) is 5.46. The second-order valence-corrected chi connectivity index (χ2v) is 5.03. The number of nitrogen functional groups attached to an aromatic ring is 1. The number of hydrogen-bond acceptors (Lipinski definition) is 3. The molecule has 100 valence electrons. The van der Waals surface area contributed by atoms with Crippen LogP contribution in [0, 0.1) is 11.7 Å². The molecule has 18 heavy (non-hydrogen) atoms. The molecular weight excluding hydrogens is 231 g/mol. The van der Waals surface area contributed by atoms with Crippen LogP contribution >= 0.6 is 0 Å². The molecule has 1 fully saturated rings. The lowest BCUT2D eigenvalue weighted by Gasteiger charge is -2.21. The number of nitrogens with zero attached hydrogens (tertiary/aromatic N) is 1. The minimum absolute atomic E-state index is 0.306. The number of ether oxygens (including phenoxy) is 1. The molecule has 0 saturated carbocycles. The van der Waals surface area contributed by atoms with Crippen molar-refractivity contribution in [2.24, 2.45) is 5.92 Å². The Morgan fingerprint density at radius 2 is 2.28 bits per heavy atom. The Morgan fingerprint density at radius 1 is 1.50 bits per heavy atom. The van der Waals surface area contributed by atoms with E-state index in [9.17, 15) is 4.39 Å². The summed E-state index contributed by atoms with van der Waals surface area (Å²) < 4.78 is 19.1. The molecule has 1 aromatic carbocycles. The van der Waals surface area contributed by atoms with Crippen molar-refractivity contribution in [3.05, 3.63) is 17.9 Å². The van der Waals surface area contributed by atoms with Crippen LogP contribution in [-0.4, -0.2) is 19.7 Å². The number of benzene rings is 1. The highest BCUT2D eigenvalue weighted by Crippen LogP contribution is 2.34. The summed E-state index contributed by atoms with van der Waals surface area (Å²) in [5, 5.41) is 0. The Kier molecular flexibility index (Phi) is 3.94. The van der Waals surface area contributed by atoms with E-state index in [1.807, 2.05) is 6.92 Å². The molecule has 1 atom stereocenters. The predicted molar refractivity (Wildman–Crippen MR) is 72.6 cm³/mol. The highest BCUT2D eigenvalue weighted by atomic mass is 19.1. The van der Waals surface area contributed by atoms with Crippen LogP contribution in [0.3, 0.4) is 0 Å². The zero-order valence-electron chi connectivity index (χ0n) is 11.1. The van der Waals surface area contributed by atoms with Crippen molar-refractivity contribution in [2.75, 3.05) is 30.3 Å². The molecule has 1 unspecified atom stereocenters. The topological polar surface area (TPSA) is 38.5 Å². The summed E-state index contributed by atoms with van der Waals surface area (Å²) in [6, 6.07) is 3.10. The van der Waals surface area contributed by atoms with Gasteiger partial charge in [0, 0.05) is 25.2 Å². The molecule has 0 radical (unpaired) electrons. The number of rotatable bonds is 4. The minimum Gasteiger partial charge on any atom is -0.490 e. The first kappa shape index (κ1) is 13.0. The molecule has 1 aliphatic rings. The fourth-order valence-electron chi connectivity index (χ4n) is 2.31. The van der Waals surface area contributed by atoms with Crippen molar-refractivity contribution < 1.29 is 9.13 Å². The number of anilines is 2. The third-order valence-electron chi connectivity index (χ3n) is 3.31. The molecule has 0 aliphatic carbocycles. The maximum Gasteiger partial charge on any atom is 0.167 e. The van der Waals surface area contributed by atoms with E-state index in [4.69, 9.17) is 10.5 Å². The van der Waals surface area contributed by atoms with Crippen LogP contribution in [0.4, 0.5) is 15.8 Å². The first-order chi connectivity index (χ1) is 8.61. The van der Waals surface area contributed by atoms with Crippen molar-refractivity contribution in [3.8, 4) is 5.75 Å². The third-order valence-corrected chi connectivity index (χ3v) is 3.31. The molecule has 2 rings (SSSR count). The Hall–Kier alpha value is -1.45. The summed E-state index contributed by atoms with van der Waals surface area (Å²) in [6.07, 6.45) is 2.02. The molecule has 0 aromatic heterocycles. The van der Waals surface area contributed by atoms with E-state index >= 15 is 0 Å². The zero-order chi connectivity index (χ0) is 13.1.